The average molecular weight is 317 g/mol. The molecule has 1 heterocycles. The molecule has 0 aliphatic carbocycles. The van der Waals surface area contributed by atoms with Crippen LogP contribution in [-0.2, 0) is 6.42 Å². The van der Waals surface area contributed by atoms with Crippen LogP contribution in [0.5, 0.6) is 0 Å². The third-order valence-electron chi connectivity index (χ3n) is 4.02. The van der Waals surface area contributed by atoms with E-state index in [0.717, 1.165) is 31.6 Å². The molecule has 1 fully saturated rings. The largest absolute Gasteiger partial charge is 0.303 e. The Morgan fingerprint density at radius 1 is 1.30 bits per heavy atom. The summed E-state index contributed by atoms with van der Waals surface area (Å²) in [5.41, 5.74) is 4.10. The number of nitrogens with two attached hydrogens (primary N) is 1. The maximum atomic E-state index is 6.08. The van der Waals surface area contributed by atoms with E-state index >= 15 is 0 Å². The molecule has 0 saturated carbocycles. The van der Waals surface area contributed by atoms with Crippen LogP contribution in [0.4, 0.5) is 0 Å². The number of nitrogens with one attached hydrogen (secondary N) is 1. The Morgan fingerprint density at radius 3 is 2.70 bits per heavy atom. The molecule has 1 saturated heterocycles. The van der Waals surface area contributed by atoms with Gasteiger partial charge in [0.2, 0.25) is 0 Å². The van der Waals surface area contributed by atoms with Gasteiger partial charge in [0.1, 0.15) is 0 Å². The summed E-state index contributed by atoms with van der Waals surface area (Å²) in [7, 11) is 4.30. The molecule has 20 heavy (non-hydrogen) atoms. The Balaban J connectivity index is 2.09. The van der Waals surface area contributed by atoms with Crippen molar-refractivity contribution in [2.75, 3.05) is 33.7 Å². The van der Waals surface area contributed by atoms with Gasteiger partial charge in [-0.15, -0.1) is 0 Å². The maximum absolute atomic E-state index is 6.08. The first kappa shape index (κ1) is 16.0. The fraction of sp³-hybridized carbons (Fsp3) is 0.571. The normalized spacial score (nSPS) is 22.9. The van der Waals surface area contributed by atoms with Crippen LogP contribution in [0.3, 0.4) is 0 Å². The van der Waals surface area contributed by atoms with Crippen molar-refractivity contribution in [1.82, 2.24) is 15.2 Å². The Morgan fingerprint density at radius 2 is 2.05 bits per heavy atom. The first-order valence-electron chi connectivity index (χ1n) is 6.80. The summed E-state index contributed by atoms with van der Waals surface area (Å²) in [6, 6.07) is 6.32. The minimum Gasteiger partial charge on any atom is -0.303 e. The van der Waals surface area contributed by atoms with Crippen LogP contribution in [0.2, 0.25) is 10.0 Å². The first-order chi connectivity index (χ1) is 9.51. The number of benzene rings is 1. The summed E-state index contributed by atoms with van der Waals surface area (Å²) in [6.45, 7) is 3.16. The van der Waals surface area contributed by atoms with Crippen molar-refractivity contribution < 1.29 is 0 Å². The van der Waals surface area contributed by atoms with Gasteiger partial charge >= 0.3 is 0 Å². The summed E-state index contributed by atoms with van der Waals surface area (Å²) < 4.78 is 0. The van der Waals surface area contributed by atoms with Gasteiger partial charge in [-0.25, -0.2) is 0 Å². The van der Waals surface area contributed by atoms with Gasteiger partial charge in [-0.3, -0.25) is 16.2 Å². The summed E-state index contributed by atoms with van der Waals surface area (Å²) in [5, 5.41) is 1.18. The highest BCUT2D eigenvalue weighted by atomic mass is 35.5. The van der Waals surface area contributed by atoms with Crippen molar-refractivity contribution in [2.24, 2.45) is 5.84 Å². The lowest BCUT2D eigenvalue weighted by molar-refractivity contribution is 0.0877. The highest BCUT2D eigenvalue weighted by Crippen LogP contribution is 2.24. The lowest BCUT2D eigenvalue weighted by atomic mass is 9.97. The molecule has 1 aliphatic heterocycles. The van der Waals surface area contributed by atoms with Crippen molar-refractivity contribution in [2.45, 2.75) is 18.5 Å². The van der Waals surface area contributed by atoms with Crippen LogP contribution in [0.25, 0.3) is 0 Å². The zero-order valence-electron chi connectivity index (χ0n) is 11.9. The van der Waals surface area contributed by atoms with Crippen molar-refractivity contribution in [3.8, 4) is 0 Å². The number of nitrogens with zero attached hydrogens (tertiary/aromatic N) is 2. The molecular formula is C14H22Cl2N4. The molecular weight excluding hydrogens is 295 g/mol. The standard InChI is InChI=1S/C14H22Cl2N4/c1-19-5-6-20(2)14(9-19)13(18-17)8-10-3-4-11(15)12(16)7-10/h3-4,7,13-14,18H,5-6,8-9,17H2,1-2H3. The fourth-order valence-corrected chi connectivity index (χ4v) is 3.03. The number of rotatable bonds is 4. The van der Waals surface area contributed by atoms with E-state index in [1.165, 1.54) is 0 Å². The van der Waals surface area contributed by atoms with Gasteiger partial charge in [0.05, 0.1) is 10.0 Å². The molecule has 0 spiro atoms. The highest BCUT2D eigenvalue weighted by molar-refractivity contribution is 6.42. The van der Waals surface area contributed by atoms with Gasteiger partial charge in [-0.2, -0.15) is 0 Å². The van der Waals surface area contributed by atoms with Gasteiger partial charge in [0.15, 0.2) is 0 Å². The SMILES string of the molecule is CN1CCN(C)C(C(Cc2ccc(Cl)c(Cl)c2)NN)C1. The number of hydrazine groups is 1. The zero-order chi connectivity index (χ0) is 14.7. The minimum absolute atomic E-state index is 0.181. The summed E-state index contributed by atoms with van der Waals surface area (Å²) in [6.07, 6.45) is 0.830. The lowest BCUT2D eigenvalue weighted by Crippen LogP contribution is -2.60. The van der Waals surface area contributed by atoms with Gasteiger partial charge < -0.3 is 4.90 Å². The molecule has 2 atom stereocenters. The summed E-state index contributed by atoms with van der Waals surface area (Å²) >= 11 is 12.0. The van der Waals surface area contributed by atoms with E-state index in [1.807, 2.05) is 18.2 Å². The summed E-state index contributed by atoms with van der Waals surface area (Å²) in [5.74, 6) is 5.77. The van der Waals surface area contributed by atoms with Crippen LogP contribution in [-0.4, -0.2) is 55.6 Å². The Hall–Kier alpha value is -0.360. The lowest BCUT2D eigenvalue weighted by Gasteiger charge is -2.41. The molecule has 2 rings (SSSR count). The molecule has 0 bridgehead atoms. The molecule has 1 aliphatic rings. The number of piperazine rings is 1. The summed E-state index contributed by atoms with van der Waals surface area (Å²) in [4.78, 5) is 4.70. The van der Waals surface area contributed by atoms with Crippen LogP contribution in [0, 0.1) is 0 Å². The van der Waals surface area contributed by atoms with E-state index in [9.17, 15) is 0 Å². The molecule has 1 aromatic rings. The Bertz CT molecular complexity index is 455. The van der Waals surface area contributed by atoms with Gasteiger partial charge in [0, 0.05) is 31.7 Å². The van der Waals surface area contributed by atoms with E-state index in [4.69, 9.17) is 29.0 Å². The van der Waals surface area contributed by atoms with Crippen LogP contribution >= 0.6 is 23.2 Å². The predicted molar refractivity (Wildman–Crippen MR) is 85.2 cm³/mol. The Kier molecular flexibility index (Phi) is 5.66. The van der Waals surface area contributed by atoms with Gasteiger partial charge in [-0.1, -0.05) is 29.3 Å². The molecule has 0 radical (unpaired) electrons. The number of hydrogen-bond acceptors (Lipinski definition) is 4. The monoisotopic (exact) mass is 316 g/mol. The molecule has 0 aromatic heterocycles. The van der Waals surface area contributed by atoms with Gasteiger partial charge in [-0.05, 0) is 38.2 Å². The molecule has 0 amide bonds. The quantitative estimate of drug-likeness (QED) is 0.654. The first-order valence-corrected chi connectivity index (χ1v) is 7.55. The molecule has 6 heteroatoms. The second-order valence-corrected chi connectivity index (χ2v) is 6.35. The van der Waals surface area contributed by atoms with E-state index in [2.05, 4.69) is 29.3 Å². The van der Waals surface area contributed by atoms with Crippen molar-refractivity contribution in [3.63, 3.8) is 0 Å². The van der Waals surface area contributed by atoms with Crippen molar-refractivity contribution in [3.05, 3.63) is 33.8 Å². The van der Waals surface area contributed by atoms with Crippen molar-refractivity contribution >= 4 is 23.2 Å². The highest BCUT2D eigenvalue weighted by Gasteiger charge is 2.29. The predicted octanol–water partition coefficient (Wildman–Crippen LogP) is 1.61. The third-order valence-corrected chi connectivity index (χ3v) is 4.76. The zero-order valence-corrected chi connectivity index (χ0v) is 13.5. The smallest absolute Gasteiger partial charge is 0.0595 e. The second kappa shape index (κ2) is 7.07. The van der Waals surface area contributed by atoms with Crippen LogP contribution in [0.1, 0.15) is 5.56 Å². The topological polar surface area (TPSA) is 44.5 Å². The average Bonchev–Trinajstić information content (AvgIpc) is 2.43. The molecule has 3 N–H and O–H groups in total. The van der Waals surface area contributed by atoms with Crippen LogP contribution < -0.4 is 11.3 Å². The number of likely N-dealkylation sites (N-methyl/N-ethyl adjacent to an activating group) is 2. The van der Waals surface area contributed by atoms with E-state index in [-0.39, 0.29) is 6.04 Å². The third kappa shape index (κ3) is 3.85. The van der Waals surface area contributed by atoms with Crippen LogP contribution in [0.15, 0.2) is 18.2 Å². The van der Waals surface area contributed by atoms with E-state index in [0.29, 0.717) is 16.1 Å². The molecule has 1 aromatic carbocycles. The number of halogens is 2. The number of hydrogen-bond donors (Lipinski definition) is 2. The minimum atomic E-state index is 0.181. The molecule has 2 unspecified atom stereocenters. The molecule has 4 nitrogen and oxygen atoms in total. The fourth-order valence-electron chi connectivity index (χ4n) is 2.71. The van der Waals surface area contributed by atoms with Gasteiger partial charge in [0.25, 0.3) is 0 Å². The Labute approximate surface area is 130 Å². The maximum Gasteiger partial charge on any atom is 0.0595 e. The van der Waals surface area contributed by atoms with Crippen molar-refractivity contribution in [1.29, 1.82) is 0 Å². The molecule has 112 valence electrons. The van der Waals surface area contributed by atoms with E-state index < -0.39 is 0 Å². The second-order valence-electron chi connectivity index (χ2n) is 5.54. The van der Waals surface area contributed by atoms with E-state index in [1.54, 1.807) is 0 Å².